The van der Waals surface area contributed by atoms with Crippen LogP contribution in [0.15, 0.2) is 24.3 Å². The van der Waals surface area contributed by atoms with Crippen LogP contribution < -0.4 is 15.5 Å². The summed E-state index contributed by atoms with van der Waals surface area (Å²) in [6.07, 6.45) is 2.40. The van der Waals surface area contributed by atoms with Crippen molar-refractivity contribution >= 4 is 12.6 Å². The van der Waals surface area contributed by atoms with Gasteiger partial charge in [0, 0.05) is 0 Å². The highest BCUT2D eigenvalue weighted by Crippen LogP contribution is 2.36. The van der Waals surface area contributed by atoms with Gasteiger partial charge in [-0.3, -0.25) is 0 Å². The third-order valence-corrected chi connectivity index (χ3v) is 5.35. The Kier molecular flexibility index (Phi) is 4.72. The molecule has 0 unspecified atom stereocenters. The first-order valence-corrected chi connectivity index (χ1v) is 8.66. The molecular weight excluding hydrogens is 289 g/mol. The Hall–Kier alpha value is -1.04. The smallest absolute Gasteiger partial charge is 0.493 e. The number of hydrogen-bond acceptors (Lipinski definition) is 4. The van der Waals surface area contributed by atoms with E-state index in [1.807, 2.05) is 24.3 Å². The third-order valence-electron chi connectivity index (χ3n) is 5.35. The minimum absolute atomic E-state index is 0.304. The van der Waals surface area contributed by atoms with E-state index < -0.39 is 0 Å². The molecule has 0 bridgehead atoms. The maximum Gasteiger partial charge on any atom is 0.494 e. The maximum atomic E-state index is 6.08. The molecule has 0 atom stereocenters. The van der Waals surface area contributed by atoms with Crippen molar-refractivity contribution in [2.75, 3.05) is 19.7 Å². The molecule has 3 rings (SSSR count). The summed E-state index contributed by atoms with van der Waals surface area (Å²) in [6, 6.07) is 8.11. The van der Waals surface area contributed by atoms with Crippen LogP contribution in [0.3, 0.4) is 0 Å². The molecule has 0 spiro atoms. The van der Waals surface area contributed by atoms with Crippen LogP contribution in [0.2, 0.25) is 0 Å². The summed E-state index contributed by atoms with van der Waals surface area (Å²) >= 11 is 0. The molecule has 2 aliphatic rings. The van der Waals surface area contributed by atoms with Crippen molar-refractivity contribution in [1.82, 2.24) is 5.32 Å². The van der Waals surface area contributed by atoms with Gasteiger partial charge in [-0.1, -0.05) is 12.1 Å². The quantitative estimate of drug-likeness (QED) is 0.866. The molecule has 0 saturated carbocycles. The van der Waals surface area contributed by atoms with Crippen molar-refractivity contribution < 1.29 is 14.0 Å². The highest BCUT2D eigenvalue weighted by Gasteiger charge is 2.51. The highest BCUT2D eigenvalue weighted by molar-refractivity contribution is 6.62. The fourth-order valence-corrected chi connectivity index (χ4v) is 2.96. The van der Waals surface area contributed by atoms with Crippen molar-refractivity contribution in [3.63, 3.8) is 0 Å². The summed E-state index contributed by atoms with van der Waals surface area (Å²) in [5, 5.41) is 3.38. The zero-order valence-electron chi connectivity index (χ0n) is 14.7. The molecule has 1 aromatic rings. The van der Waals surface area contributed by atoms with Gasteiger partial charge in [0.2, 0.25) is 0 Å². The Morgan fingerprint density at radius 2 is 1.61 bits per heavy atom. The first-order valence-electron chi connectivity index (χ1n) is 8.66. The van der Waals surface area contributed by atoms with Gasteiger partial charge in [-0.15, -0.1) is 0 Å². The Bertz CT molecular complexity index is 508. The number of benzene rings is 1. The normalized spacial score (nSPS) is 23.9. The van der Waals surface area contributed by atoms with E-state index in [2.05, 4.69) is 33.0 Å². The van der Waals surface area contributed by atoms with E-state index in [9.17, 15) is 0 Å². The van der Waals surface area contributed by atoms with Crippen LogP contribution in [0.5, 0.6) is 5.75 Å². The molecule has 4 nitrogen and oxygen atoms in total. The zero-order chi connectivity index (χ0) is 16.5. The lowest BCUT2D eigenvalue weighted by atomic mass is 9.79. The van der Waals surface area contributed by atoms with Gasteiger partial charge >= 0.3 is 7.12 Å². The molecule has 1 aromatic carbocycles. The van der Waals surface area contributed by atoms with Gasteiger partial charge in [0.05, 0.1) is 17.8 Å². The summed E-state index contributed by atoms with van der Waals surface area (Å²) < 4.78 is 18.1. The predicted octanol–water partition coefficient (Wildman–Crippen LogP) is 2.36. The lowest BCUT2D eigenvalue weighted by Gasteiger charge is -2.32. The summed E-state index contributed by atoms with van der Waals surface area (Å²) in [5.41, 5.74) is 0.432. The molecule has 23 heavy (non-hydrogen) atoms. The van der Waals surface area contributed by atoms with E-state index in [0.29, 0.717) is 5.92 Å². The summed E-state index contributed by atoms with van der Waals surface area (Å²) in [4.78, 5) is 0. The molecule has 0 radical (unpaired) electrons. The SMILES string of the molecule is CC1(C)OB(c2ccc(OCC3CCNCC3)cc2)OC1(C)C. The first kappa shape index (κ1) is 16.8. The highest BCUT2D eigenvalue weighted by atomic mass is 16.7. The molecule has 0 amide bonds. The average molecular weight is 317 g/mol. The summed E-state index contributed by atoms with van der Waals surface area (Å²) in [6.45, 7) is 11.3. The van der Waals surface area contributed by atoms with Crippen LogP contribution in [0.1, 0.15) is 40.5 Å². The second-order valence-corrected chi connectivity index (χ2v) is 7.66. The second kappa shape index (κ2) is 6.46. The fraction of sp³-hybridized carbons (Fsp3) is 0.667. The summed E-state index contributed by atoms with van der Waals surface area (Å²) in [7, 11) is -0.307. The lowest BCUT2D eigenvalue weighted by Crippen LogP contribution is -2.41. The van der Waals surface area contributed by atoms with Gasteiger partial charge in [0.25, 0.3) is 0 Å². The van der Waals surface area contributed by atoms with Crippen LogP contribution >= 0.6 is 0 Å². The van der Waals surface area contributed by atoms with Gasteiger partial charge in [0.1, 0.15) is 5.75 Å². The number of ether oxygens (including phenoxy) is 1. The molecular formula is C18H28BNO3. The fourth-order valence-electron chi connectivity index (χ4n) is 2.96. The number of rotatable bonds is 4. The maximum absolute atomic E-state index is 6.08. The average Bonchev–Trinajstić information content (AvgIpc) is 2.75. The van der Waals surface area contributed by atoms with E-state index in [4.69, 9.17) is 14.0 Å². The topological polar surface area (TPSA) is 39.7 Å². The molecule has 2 saturated heterocycles. The van der Waals surface area contributed by atoms with E-state index in [-0.39, 0.29) is 18.3 Å². The molecule has 0 aliphatic carbocycles. The number of piperidine rings is 1. The Morgan fingerprint density at radius 1 is 1.04 bits per heavy atom. The van der Waals surface area contributed by atoms with Crippen molar-refractivity contribution in [1.29, 1.82) is 0 Å². The predicted molar refractivity (Wildman–Crippen MR) is 93.2 cm³/mol. The molecule has 0 aromatic heterocycles. The standard InChI is InChI=1S/C18H28BNO3/c1-17(2)18(3,4)23-19(22-17)15-5-7-16(8-6-15)21-13-14-9-11-20-12-10-14/h5-8,14,20H,9-13H2,1-4H3. The van der Waals surface area contributed by atoms with E-state index in [0.717, 1.165) is 30.9 Å². The van der Waals surface area contributed by atoms with Crippen molar-refractivity contribution in [2.24, 2.45) is 5.92 Å². The molecule has 2 fully saturated rings. The van der Waals surface area contributed by atoms with Gasteiger partial charge in [-0.05, 0) is 77.1 Å². The minimum atomic E-state index is -0.307. The van der Waals surface area contributed by atoms with E-state index >= 15 is 0 Å². The molecule has 5 heteroatoms. The van der Waals surface area contributed by atoms with E-state index in [1.54, 1.807) is 0 Å². The largest absolute Gasteiger partial charge is 0.494 e. The van der Waals surface area contributed by atoms with Gasteiger partial charge in [-0.25, -0.2) is 0 Å². The van der Waals surface area contributed by atoms with Crippen molar-refractivity contribution in [3.05, 3.63) is 24.3 Å². The van der Waals surface area contributed by atoms with E-state index in [1.165, 1.54) is 12.8 Å². The van der Waals surface area contributed by atoms with Crippen LogP contribution in [0.25, 0.3) is 0 Å². The molecule has 2 aliphatic heterocycles. The van der Waals surface area contributed by atoms with Gasteiger partial charge in [-0.2, -0.15) is 0 Å². The molecule has 126 valence electrons. The minimum Gasteiger partial charge on any atom is -0.493 e. The van der Waals surface area contributed by atoms with Crippen molar-refractivity contribution in [3.8, 4) is 5.75 Å². The molecule has 2 heterocycles. The van der Waals surface area contributed by atoms with Crippen molar-refractivity contribution in [2.45, 2.75) is 51.7 Å². The Labute approximate surface area is 140 Å². The molecule has 1 N–H and O–H groups in total. The zero-order valence-corrected chi connectivity index (χ0v) is 14.7. The Morgan fingerprint density at radius 3 is 2.17 bits per heavy atom. The monoisotopic (exact) mass is 317 g/mol. The number of hydrogen-bond donors (Lipinski definition) is 1. The van der Waals surface area contributed by atoms with Crippen LogP contribution in [-0.2, 0) is 9.31 Å². The van der Waals surface area contributed by atoms with Gasteiger partial charge in [0.15, 0.2) is 0 Å². The lowest BCUT2D eigenvalue weighted by molar-refractivity contribution is 0.00578. The number of nitrogens with one attached hydrogen (secondary N) is 1. The van der Waals surface area contributed by atoms with Gasteiger partial charge < -0.3 is 19.4 Å². The summed E-state index contributed by atoms with van der Waals surface area (Å²) in [5.74, 6) is 1.59. The Balaban J connectivity index is 1.57. The third kappa shape index (κ3) is 3.73. The second-order valence-electron chi connectivity index (χ2n) is 7.66. The first-order chi connectivity index (χ1) is 10.9. The van der Waals surface area contributed by atoms with Crippen LogP contribution in [-0.4, -0.2) is 38.0 Å². The van der Waals surface area contributed by atoms with Crippen LogP contribution in [0, 0.1) is 5.92 Å². The van der Waals surface area contributed by atoms with Crippen LogP contribution in [0.4, 0.5) is 0 Å².